The molecule has 0 amide bonds. The zero-order chi connectivity index (χ0) is 10.1. The fourth-order valence-corrected chi connectivity index (χ4v) is 2.04. The average molecular weight is 223 g/mol. The minimum atomic E-state index is -3.67. The van der Waals surface area contributed by atoms with Gasteiger partial charge in [-0.3, -0.25) is 4.68 Å². The molecule has 0 saturated carbocycles. The van der Waals surface area contributed by atoms with Crippen molar-refractivity contribution in [2.45, 2.75) is 31.3 Å². The van der Waals surface area contributed by atoms with Crippen LogP contribution in [0.5, 0.6) is 0 Å². The third-order valence-corrected chi connectivity index (χ3v) is 3.19. The minimum absolute atomic E-state index is 0.0403. The van der Waals surface area contributed by atoms with Gasteiger partial charge in [0.05, 0.1) is 12.2 Å². The van der Waals surface area contributed by atoms with Crippen molar-refractivity contribution in [2.24, 2.45) is 0 Å². The zero-order valence-electron chi connectivity index (χ0n) is 7.44. The van der Waals surface area contributed by atoms with Crippen molar-refractivity contribution in [1.29, 1.82) is 0 Å². The van der Waals surface area contributed by atoms with E-state index < -0.39 is 9.05 Å². The van der Waals surface area contributed by atoms with Crippen molar-refractivity contribution in [3.63, 3.8) is 0 Å². The molecule has 0 aliphatic heterocycles. The first-order chi connectivity index (χ1) is 5.96. The lowest BCUT2D eigenvalue weighted by Crippen LogP contribution is -2.11. The molecular weight excluding hydrogens is 212 g/mol. The van der Waals surface area contributed by atoms with E-state index >= 15 is 0 Å². The molecular formula is C7H11ClN2O2S. The van der Waals surface area contributed by atoms with Gasteiger partial charge < -0.3 is 0 Å². The van der Waals surface area contributed by atoms with Gasteiger partial charge in [0.15, 0.2) is 5.03 Å². The molecule has 0 radical (unpaired) electrons. The highest BCUT2D eigenvalue weighted by atomic mass is 35.7. The summed E-state index contributed by atoms with van der Waals surface area (Å²) in [7, 11) is 1.54. The largest absolute Gasteiger partial charge is 0.278 e. The summed E-state index contributed by atoms with van der Waals surface area (Å²) in [6.45, 7) is 3.84. The van der Waals surface area contributed by atoms with Crippen LogP contribution in [0.2, 0.25) is 0 Å². The highest BCUT2D eigenvalue weighted by Crippen LogP contribution is 2.19. The van der Waals surface area contributed by atoms with E-state index in [0.717, 1.165) is 6.42 Å². The van der Waals surface area contributed by atoms with Gasteiger partial charge in [0, 0.05) is 10.7 Å². The van der Waals surface area contributed by atoms with Crippen molar-refractivity contribution in [3.8, 4) is 0 Å². The number of aromatic nitrogens is 2. The van der Waals surface area contributed by atoms with Crippen LogP contribution >= 0.6 is 10.7 Å². The molecule has 0 aliphatic carbocycles. The van der Waals surface area contributed by atoms with Crippen LogP contribution < -0.4 is 0 Å². The van der Waals surface area contributed by atoms with Crippen LogP contribution in [0.15, 0.2) is 17.3 Å². The maximum absolute atomic E-state index is 11.0. The Hall–Kier alpha value is -0.550. The molecule has 6 heteroatoms. The van der Waals surface area contributed by atoms with Crippen LogP contribution in [0.4, 0.5) is 0 Å². The van der Waals surface area contributed by atoms with E-state index in [1.165, 1.54) is 16.9 Å². The van der Waals surface area contributed by atoms with Crippen molar-refractivity contribution in [1.82, 2.24) is 9.78 Å². The molecule has 0 aliphatic rings. The first-order valence-electron chi connectivity index (χ1n) is 3.95. The van der Waals surface area contributed by atoms with Gasteiger partial charge in [-0.25, -0.2) is 8.42 Å². The summed E-state index contributed by atoms with van der Waals surface area (Å²) in [5.74, 6) is 0. The third kappa shape index (κ3) is 2.22. The molecule has 0 unspecified atom stereocenters. The fraction of sp³-hybridized carbons (Fsp3) is 0.571. The maximum atomic E-state index is 11.0. The van der Waals surface area contributed by atoms with Crippen molar-refractivity contribution >= 4 is 19.7 Å². The topological polar surface area (TPSA) is 52.0 Å². The van der Waals surface area contributed by atoms with Gasteiger partial charge in [-0.1, -0.05) is 6.92 Å². The highest BCUT2D eigenvalue weighted by molar-refractivity contribution is 8.13. The third-order valence-electron chi connectivity index (χ3n) is 1.89. The molecule has 4 nitrogen and oxygen atoms in total. The van der Waals surface area contributed by atoms with E-state index in [9.17, 15) is 8.42 Å². The summed E-state index contributed by atoms with van der Waals surface area (Å²) in [6, 6.07) is 1.44. The zero-order valence-corrected chi connectivity index (χ0v) is 9.01. The Balaban J connectivity index is 3.18. The van der Waals surface area contributed by atoms with Crippen LogP contribution in [0.3, 0.4) is 0 Å². The van der Waals surface area contributed by atoms with Gasteiger partial charge in [-0.2, -0.15) is 5.10 Å². The first kappa shape index (κ1) is 10.5. The predicted molar refractivity (Wildman–Crippen MR) is 50.3 cm³/mol. The van der Waals surface area contributed by atoms with E-state index in [-0.39, 0.29) is 11.1 Å². The Bertz CT molecular complexity index is 385. The van der Waals surface area contributed by atoms with Gasteiger partial charge >= 0.3 is 0 Å². The number of hydrogen-bond acceptors (Lipinski definition) is 3. The molecule has 74 valence electrons. The molecule has 0 N–H and O–H groups in total. The first-order valence-corrected chi connectivity index (χ1v) is 6.26. The van der Waals surface area contributed by atoms with Gasteiger partial charge in [0.2, 0.25) is 0 Å². The molecule has 0 saturated heterocycles. The Morgan fingerprint density at radius 3 is 2.77 bits per heavy atom. The molecule has 0 bridgehead atoms. The summed E-state index contributed by atoms with van der Waals surface area (Å²) in [5.41, 5.74) is 0. The Morgan fingerprint density at radius 2 is 2.31 bits per heavy atom. The Labute approximate surface area is 81.9 Å². The molecule has 1 heterocycles. The van der Waals surface area contributed by atoms with Crippen LogP contribution in [0.25, 0.3) is 0 Å². The lowest BCUT2D eigenvalue weighted by atomic mass is 10.3. The normalized spacial score (nSPS) is 14.4. The van der Waals surface area contributed by atoms with Gasteiger partial charge in [-0.15, -0.1) is 0 Å². The lowest BCUT2D eigenvalue weighted by Gasteiger charge is -2.11. The smallest absolute Gasteiger partial charge is 0.250 e. The van der Waals surface area contributed by atoms with E-state index in [2.05, 4.69) is 5.10 Å². The van der Waals surface area contributed by atoms with E-state index in [4.69, 9.17) is 10.7 Å². The van der Waals surface area contributed by atoms with Crippen molar-refractivity contribution in [3.05, 3.63) is 12.3 Å². The summed E-state index contributed by atoms with van der Waals surface area (Å²) >= 11 is 0. The molecule has 1 atom stereocenters. The van der Waals surface area contributed by atoms with Gasteiger partial charge in [0.25, 0.3) is 9.05 Å². The monoisotopic (exact) mass is 222 g/mol. The van der Waals surface area contributed by atoms with Crippen molar-refractivity contribution in [2.75, 3.05) is 0 Å². The van der Waals surface area contributed by atoms with Crippen LogP contribution in [-0.2, 0) is 9.05 Å². The lowest BCUT2D eigenvalue weighted by molar-refractivity contribution is 0.438. The second-order valence-electron chi connectivity index (χ2n) is 2.81. The summed E-state index contributed by atoms with van der Waals surface area (Å²) in [6.07, 6.45) is 2.24. The molecule has 1 rings (SSSR count). The Morgan fingerprint density at radius 1 is 1.69 bits per heavy atom. The van der Waals surface area contributed by atoms with Crippen LogP contribution in [0, 0.1) is 0 Å². The highest BCUT2D eigenvalue weighted by Gasteiger charge is 2.18. The summed E-state index contributed by atoms with van der Waals surface area (Å²) in [4.78, 5) is 0. The molecule has 0 fully saturated rings. The number of halogens is 1. The SMILES string of the molecule is CC[C@@H](C)n1nccc1S(=O)(=O)Cl. The van der Waals surface area contributed by atoms with Gasteiger partial charge in [0.1, 0.15) is 0 Å². The molecule has 1 aromatic heterocycles. The second kappa shape index (κ2) is 3.67. The quantitative estimate of drug-likeness (QED) is 0.733. The van der Waals surface area contributed by atoms with E-state index in [0.29, 0.717) is 0 Å². The molecule has 13 heavy (non-hydrogen) atoms. The molecule has 0 spiro atoms. The predicted octanol–water partition coefficient (Wildman–Crippen LogP) is 1.78. The Kier molecular flexibility index (Phi) is 2.98. The standard InChI is InChI=1S/C7H11ClN2O2S/c1-3-6(2)10-7(4-5-9-10)13(8,11)12/h4-6H,3H2,1-2H3/t6-/m1/s1. The number of nitrogens with zero attached hydrogens (tertiary/aromatic N) is 2. The average Bonchev–Trinajstić information content (AvgIpc) is 2.49. The summed E-state index contributed by atoms with van der Waals surface area (Å²) in [5, 5.41) is 3.97. The van der Waals surface area contributed by atoms with Crippen molar-refractivity contribution < 1.29 is 8.42 Å². The van der Waals surface area contributed by atoms with Gasteiger partial charge in [-0.05, 0) is 19.4 Å². The molecule has 1 aromatic rings. The maximum Gasteiger partial charge on any atom is 0.278 e. The summed E-state index contributed by atoms with van der Waals surface area (Å²) < 4.78 is 23.5. The molecule has 0 aromatic carbocycles. The van der Waals surface area contributed by atoms with Crippen LogP contribution in [-0.4, -0.2) is 18.2 Å². The van der Waals surface area contributed by atoms with E-state index in [1.807, 2.05) is 13.8 Å². The minimum Gasteiger partial charge on any atom is -0.250 e. The van der Waals surface area contributed by atoms with E-state index in [1.54, 1.807) is 0 Å². The fourth-order valence-electron chi connectivity index (χ4n) is 0.999. The number of rotatable bonds is 3. The number of hydrogen-bond donors (Lipinski definition) is 0. The van der Waals surface area contributed by atoms with Crippen LogP contribution in [0.1, 0.15) is 26.3 Å². The second-order valence-corrected chi connectivity index (χ2v) is 5.32.